The molecule has 1 heterocycles. The maximum Gasteiger partial charge on any atom is 0.0361 e. The fourth-order valence-electron chi connectivity index (χ4n) is 11.2. The van der Waals surface area contributed by atoms with Gasteiger partial charge in [0.05, 0.1) is 0 Å². The molecule has 1 saturated carbocycles. The Balaban J connectivity index is 1.04. The standard InChI is InChI=1S/C55H44S/c1-4-35-30-34(3)55(40(5-2)31-35)49-20-12-10-14-41(49)42-28-26-38(32-50(42)55)36-22-24-37(25-23-36)53-45-16-6-8-18-47(45)54(48-19-9-7-17-46(48)53)39-27-29-44-43-15-11-13-21-51(43)56-52(44)33-39/h4,6-29,32-34,40H,5,30-31H2,1-3H3. The van der Waals surface area contributed by atoms with Gasteiger partial charge in [-0.1, -0.05) is 171 Å². The third-order valence-electron chi connectivity index (χ3n) is 13.6. The minimum absolute atomic E-state index is 0.0320. The van der Waals surface area contributed by atoms with Crippen LogP contribution < -0.4 is 0 Å². The van der Waals surface area contributed by atoms with Gasteiger partial charge in [0, 0.05) is 25.6 Å². The Morgan fingerprint density at radius 1 is 0.518 bits per heavy atom. The molecule has 0 N–H and O–H groups in total. The summed E-state index contributed by atoms with van der Waals surface area (Å²) < 4.78 is 2.68. The monoisotopic (exact) mass is 736 g/mol. The van der Waals surface area contributed by atoms with Crippen LogP contribution >= 0.6 is 11.3 Å². The second kappa shape index (κ2) is 12.9. The predicted molar refractivity (Wildman–Crippen MR) is 243 cm³/mol. The predicted octanol–water partition coefficient (Wildman–Crippen LogP) is 16.0. The molecule has 0 aliphatic heterocycles. The van der Waals surface area contributed by atoms with Crippen molar-refractivity contribution in [2.24, 2.45) is 11.8 Å². The molecule has 0 nitrogen and oxygen atoms in total. The molecule has 1 fully saturated rings. The van der Waals surface area contributed by atoms with Crippen molar-refractivity contribution in [3.8, 4) is 44.5 Å². The van der Waals surface area contributed by atoms with E-state index in [1.54, 1.807) is 11.1 Å². The Labute approximate surface area is 333 Å². The Kier molecular flexibility index (Phi) is 7.73. The zero-order valence-electron chi connectivity index (χ0n) is 32.3. The van der Waals surface area contributed by atoms with Crippen molar-refractivity contribution in [2.45, 2.75) is 45.4 Å². The van der Waals surface area contributed by atoms with Crippen LogP contribution in [0.2, 0.25) is 0 Å². The molecule has 2 aliphatic rings. The molecule has 2 aliphatic carbocycles. The highest BCUT2D eigenvalue weighted by Crippen LogP contribution is 2.62. The van der Waals surface area contributed by atoms with E-state index in [1.807, 2.05) is 11.3 Å². The molecule has 0 radical (unpaired) electrons. The van der Waals surface area contributed by atoms with E-state index in [0.29, 0.717) is 11.8 Å². The molecule has 1 spiro atoms. The van der Waals surface area contributed by atoms with E-state index in [9.17, 15) is 0 Å². The zero-order chi connectivity index (χ0) is 37.5. The Morgan fingerprint density at radius 3 is 1.77 bits per heavy atom. The van der Waals surface area contributed by atoms with Crippen LogP contribution in [0.15, 0.2) is 169 Å². The Bertz CT molecular complexity index is 2990. The van der Waals surface area contributed by atoms with Gasteiger partial charge in [-0.2, -0.15) is 0 Å². The summed E-state index contributed by atoms with van der Waals surface area (Å²) in [5.74, 6) is 1.11. The highest BCUT2D eigenvalue weighted by atomic mass is 32.1. The lowest BCUT2D eigenvalue weighted by Crippen LogP contribution is -2.44. The Hall–Kier alpha value is -5.76. The van der Waals surface area contributed by atoms with Crippen molar-refractivity contribution < 1.29 is 0 Å². The molecule has 9 aromatic rings. The average Bonchev–Trinajstić information content (AvgIpc) is 3.77. The van der Waals surface area contributed by atoms with Crippen LogP contribution in [-0.4, -0.2) is 0 Å². The van der Waals surface area contributed by atoms with Gasteiger partial charge in [-0.25, -0.2) is 0 Å². The molecule has 3 unspecified atom stereocenters. The SMILES string of the molecule is CC=C1CC(C)C2(c3ccccc3-c3ccc(-c4ccc(-c5c6ccccc6c(-c6ccc7c(c6)sc6ccccc67)c6ccccc56)cc4)cc32)C(CC)C1. The van der Waals surface area contributed by atoms with E-state index in [1.165, 1.54) is 111 Å². The molecule has 3 atom stereocenters. The maximum atomic E-state index is 2.57. The normalized spacial score (nSPS) is 19.7. The van der Waals surface area contributed by atoms with Gasteiger partial charge in [-0.05, 0) is 127 Å². The number of fused-ring (bicyclic) bond motifs is 10. The van der Waals surface area contributed by atoms with Crippen molar-refractivity contribution in [1.29, 1.82) is 0 Å². The van der Waals surface area contributed by atoms with Gasteiger partial charge in [-0.15, -0.1) is 11.3 Å². The summed E-state index contributed by atoms with van der Waals surface area (Å²) in [6, 6.07) is 60.0. The van der Waals surface area contributed by atoms with Gasteiger partial charge in [0.2, 0.25) is 0 Å². The lowest BCUT2D eigenvalue weighted by atomic mass is 9.54. The first-order valence-corrected chi connectivity index (χ1v) is 21.2. The van der Waals surface area contributed by atoms with Crippen LogP contribution in [0.3, 0.4) is 0 Å². The molecule has 0 amide bonds. The quantitative estimate of drug-likeness (QED) is 0.125. The van der Waals surface area contributed by atoms with Crippen LogP contribution in [0.5, 0.6) is 0 Å². The van der Waals surface area contributed by atoms with E-state index in [4.69, 9.17) is 0 Å². The van der Waals surface area contributed by atoms with E-state index in [0.717, 1.165) is 0 Å². The van der Waals surface area contributed by atoms with Crippen LogP contribution in [0.4, 0.5) is 0 Å². The number of benzene rings is 8. The zero-order valence-corrected chi connectivity index (χ0v) is 33.1. The average molecular weight is 737 g/mol. The molecular formula is C55H44S. The highest BCUT2D eigenvalue weighted by molar-refractivity contribution is 7.25. The molecule has 0 saturated heterocycles. The van der Waals surface area contributed by atoms with Crippen molar-refractivity contribution in [2.75, 3.05) is 0 Å². The minimum atomic E-state index is 0.0320. The molecule has 1 heteroatoms. The number of hydrogen-bond donors (Lipinski definition) is 0. The lowest BCUT2D eigenvalue weighted by Gasteiger charge is -2.49. The van der Waals surface area contributed by atoms with E-state index in [2.05, 4.69) is 185 Å². The van der Waals surface area contributed by atoms with Gasteiger partial charge < -0.3 is 0 Å². The number of allylic oxidation sites excluding steroid dienone is 2. The lowest BCUT2D eigenvalue weighted by molar-refractivity contribution is 0.188. The minimum Gasteiger partial charge on any atom is -0.135 e. The summed E-state index contributed by atoms with van der Waals surface area (Å²) in [4.78, 5) is 0. The third kappa shape index (κ3) is 4.77. The van der Waals surface area contributed by atoms with E-state index < -0.39 is 0 Å². The van der Waals surface area contributed by atoms with Gasteiger partial charge in [0.25, 0.3) is 0 Å². The van der Waals surface area contributed by atoms with Crippen LogP contribution in [0, 0.1) is 11.8 Å². The molecule has 8 aromatic carbocycles. The van der Waals surface area contributed by atoms with Crippen LogP contribution in [-0.2, 0) is 5.41 Å². The summed E-state index contributed by atoms with van der Waals surface area (Å²) >= 11 is 1.89. The van der Waals surface area contributed by atoms with Gasteiger partial charge in [0.15, 0.2) is 0 Å². The third-order valence-corrected chi connectivity index (χ3v) is 14.8. The van der Waals surface area contributed by atoms with E-state index in [-0.39, 0.29) is 5.41 Å². The van der Waals surface area contributed by atoms with Crippen LogP contribution in [0.1, 0.15) is 51.2 Å². The number of hydrogen-bond acceptors (Lipinski definition) is 1. The van der Waals surface area contributed by atoms with Crippen molar-refractivity contribution in [3.63, 3.8) is 0 Å². The first-order chi connectivity index (χ1) is 27.6. The molecule has 270 valence electrons. The van der Waals surface area contributed by atoms with Crippen molar-refractivity contribution in [3.05, 3.63) is 181 Å². The molecule has 56 heavy (non-hydrogen) atoms. The van der Waals surface area contributed by atoms with Crippen molar-refractivity contribution >= 4 is 53.1 Å². The fourth-order valence-corrected chi connectivity index (χ4v) is 12.3. The summed E-state index contributed by atoms with van der Waals surface area (Å²) in [5.41, 5.74) is 15.3. The Morgan fingerprint density at radius 2 is 1.07 bits per heavy atom. The molecule has 0 bridgehead atoms. The summed E-state index contributed by atoms with van der Waals surface area (Å²) in [5, 5.41) is 7.85. The smallest absolute Gasteiger partial charge is 0.0361 e. The highest BCUT2D eigenvalue weighted by Gasteiger charge is 2.53. The van der Waals surface area contributed by atoms with Crippen LogP contribution in [0.25, 0.3) is 86.2 Å². The first-order valence-electron chi connectivity index (χ1n) is 20.4. The molecular weight excluding hydrogens is 693 g/mol. The largest absolute Gasteiger partial charge is 0.135 e. The summed E-state index contributed by atoms with van der Waals surface area (Å²) in [7, 11) is 0. The number of thiophene rings is 1. The van der Waals surface area contributed by atoms with E-state index >= 15 is 0 Å². The van der Waals surface area contributed by atoms with Crippen molar-refractivity contribution in [1.82, 2.24) is 0 Å². The van der Waals surface area contributed by atoms with Gasteiger partial charge >= 0.3 is 0 Å². The number of rotatable bonds is 4. The summed E-state index contributed by atoms with van der Waals surface area (Å²) in [6.45, 7) is 7.16. The maximum absolute atomic E-state index is 2.57. The topological polar surface area (TPSA) is 0 Å². The molecule has 11 rings (SSSR count). The second-order valence-corrected chi connectivity index (χ2v) is 17.3. The first kappa shape index (κ1) is 33.6. The van der Waals surface area contributed by atoms with Gasteiger partial charge in [0.1, 0.15) is 0 Å². The fraction of sp³-hybridized carbons (Fsp3) is 0.164. The second-order valence-electron chi connectivity index (χ2n) is 16.3. The summed E-state index contributed by atoms with van der Waals surface area (Å²) in [6.07, 6.45) is 5.91. The van der Waals surface area contributed by atoms with Gasteiger partial charge in [-0.3, -0.25) is 0 Å². The molecule has 1 aromatic heterocycles.